The number of sulfone groups is 1. The molecule has 2 rings (SSSR count). The molecule has 2 aromatic carbocycles. The van der Waals surface area contributed by atoms with Gasteiger partial charge in [0.05, 0.1) is 10.6 Å². The molecule has 0 spiro atoms. The van der Waals surface area contributed by atoms with Crippen LogP contribution in [0.4, 0.5) is 15.8 Å². The van der Waals surface area contributed by atoms with Gasteiger partial charge in [-0.15, -0.1) is 0 Å². The first kappa shape index (κ1) is 16.6. The molecule has 0 saturated heterocycles. The highest BCUT2D eigenvalue weighted by molar-refractivity contribution is 7.90. The highest BCUT2D eigenvalue weighted by atomic mass is 32.2. The molecular weight excluding hydrogens is 327 g/mol. The summed E-state index contributed by atoms with van der Waals surface area (Å²) in [5.74, 6) is -1.46. The lowest BCUT2D eigenvalue weighted by atomic mass is 10.2. The van der Waals surface area contributed by atoms with E-state index in [9.17, 15) is 27.7 Å². The van der Waals surface area contributed by atoms with Gasteiger partial charge in [-0.05, 0) is 24.3 Å². The Kier molecular flexibility index (Phi) is 4.41. The molecule has 23 heavy (non-hydrogen) atoms. The molecule has 120 valence electrons. The quantitative estimate of drug-likeness (QED) is 0.680. The van der Waals surface area contributed by atoms with Crippen molar-refractivity contribution < 1.29 is 22.5 Å². The maximum atomic E-state index is 13.5. The van der Waals surface area contributed by atoms with Gasteiger partial charge in [0.15, 0.2) is 9.84 Å². The summed E-state index contributed by atoms with van der Waals surface area (Å²) in [6.45, 7) is 0. The van der Waals surface area contributed by atoms with E-state index in [2.05, 4.69) is 5.32 Å². The lowest BCUT2D eigenvalue weighted by molar-refractivity contribution is -0.387. The van der Waals surface area contributed by atoms with Crippen LogP contribution in [0.2, 0.25) is 0 Å². The van der Waals surface area contributed by atoms with E-state index in [0.29, 0.717) is 0 Å². The second-order valence-electron chi connectivity index (χ2n) is 4.65. The van der Waals surface area contributed by atoms with Crippen molar-refractivity contribution in [3.05, 3.63) is 64.0 Å². The summed E-state index contributed by atoms with van der Waals surface area (Å²) < 4.78 is 36.5. The van der Waals surface area contributed by atoms with E-state index in [1.807, 2.05) is 0 Å². The molecule has 1 amide bonds. The SMILES string of the molecule is CS(=O)(=O)c1ccc(C(=O)Nc2ccccc2F)cc1[N+](=O)[O-]. The molecule has 0 radical (unpaired) electrons. The fourth-order valence-corrected chi connectivity index (χ4v) is 2.70. The first-order valence-electron chi connectivity index (χ1n) is 6.24. The molecule has 0 aliphatic heterocycles. The number of nitrogens with one attached hydrogen (secondary N) is 1. The molecule has 1 N–H and O–H groups in total. The predicted molar refractivity (Wildman–Crippen MR) is 80.6 cm³/mol. The third-order valence-electron chi connectivity index (χ3n) is 2.94. The van der Waals surface area contributed by atoms with Crippen LogP contribution in [0.15, 0.2) is 47.4 Å². The van der Waals surface area contributed by atoms with Crippen LogP contribution in [-0.2, 0) is 9.84 Å². The summed E-state index contributed by atoms with van der Waals surface area (Å²) in [6.07, 6.45) is 0.828. The number of nitrogens with zero attached hydrogens (tertiary/aromatic N) is 1. The van der Waals surface area contributed by atoms with Gasteiger partial charge < -0.3 is 5.32 Å². The minimum atomic E-state index is -3.82. The number of para-hydroxylation sites is 1. The number of nitro benzene ring substituents is 1. The van der Waals surface area contributed by atoms with Gasteiger partial charge in [0.2, 0.25) is 0 Å². The Labute approximate surface area is 130 Å². The standard InChI is InChI=1S/C14H11FN2O5S/c1-23(21,22)13-7-6-9(8-12(13)17(19)20)14(18)16-11-5-3-2-4-10(11)15/h2-8H,1H3,(H,16,18). The van der Waals surface area contributed by atoms with Gasteiger partial charge >= 0.3 is 0 Å². The number of amides is 1. The van der Waals surface area contributed by atoms with Crippen molar-refractivity contribution in [2.75, 3.05) is 11.6 Å². The Hall–Kier alpha value is -2.81. The van der Waals surface area contributed by atoms with E-state index in [-0.39, 0.29) is 11.3 Å². The molecular formula is C14H11FN2O5S. The van der Waals surface area contributed by atoms with Crippen molar-refractivity contribution in [3.63, 3.8) is 0 Å². The third-order valence-corrected chi connectivity index (χ3v) is 4.08. The Balaban J connectivity index is 2.41. The number of rotatable bonds is 4. The second-order valence-corrected chi connectivity index (χ2v) is 6.63. The normalized spacial score (nSPS) is 11.0. The Bertz CT molecular complexity index is 896. The lowest BCUT2D eigenvalue weighted by Crippen LogP contribution is -2.14. The maximum absolute atomic E-state index is 13.5. The van der Waals surface area contributed by atoms with Gasteiger partial charge in [-0.25, -0.2) is 12.8 Å². The molecule has 0 bridgehead atoms. The molecule has 0 aliphatic carbocycles. The number of halogens is 1. The summed E-state index contributed by atoms with van der Waals surface area (Å²) in [5.41, 5.74) is -0.964. The molecule has 0 atom stereocenters. The number of hydrogen-bond acceptors (Lipinski definition) is 5. The Morgan fingerprint density at radius 2 is 1.87 bits per heavy atom. The first-order valence-corrected chi connectivity index (χ1v) is 8.13. The third kappa shape index (κ3) is 3.69. The maximum Gasteiger partial charge on any atom is 0.288 e. The zero-order valence-corrected chi connectivity index (χ0v) is 12.6. The highest BCUT2D eigenvalue weighted by Gasteiger charge is 2.24. The van der Waals surface area contributed by atoms with E-state index in [1.165, 1.54) is 18.2 Å². The van der Waals surface area contributed by atoms with E-state index < -0.39 is 37.1 Å². The summed E-state index contributed by atoms with van der Waals surface area (Å²) >= 11 is 0. The van der Waals surface area contributed by atoms with Gasteiger partial charge in [0, 0.05) is 17.9 Å². The van der Waals surface area contributed by atoms with Gasteiger partial charge in [-0.2, -0.15) is 0 Å². The van der Waals surface area contributed by atoms with E-state index in [1.54, 1.807) is 0 Å². The molecule has 0 aromatic heterocycles. The number of hydrogen-bond donors (Lipinski definition) is 1. The van der Waals surface area contributed by atoms with Crippen LogP contribution in [0.3, 0.4) is 0 Å². The minimum Gasteiger partial charge on any atom is -0.319 e. The molecule has 0 unspecified atom stereocenters. The highest BCUT2D eigenvalue weighted by Crippen LogP contribution is 2.25. The topological polar surface area (TPSA) is 106 Å². The van der Waals surface area contributed by atoms with Gasteiger partial charge in [-0.3, -0.25) is 14.9 Å². The van der Waals surface area contributed by atoms with Crippen LogP contribution in [0.25, 0.3) is 0 Å². The number of anilines is 1. The molecule has 0 fully saturated rings. The molecule has 0 heterocycles. The van der Waals surface area contributed by atoms with Crippen molar-refractivity contribution in [2.24, 2.45) is 0 Å². The van der Waals surface area contributed by atoms with Crippen LogP contribution in [-0.4, -0.2) is 25.5 Å². The average molecular weight is 338 g/mol. The second kappa shape index (κ2) is 6.13. The van der Waals surface area contributed by atoms with Gasteiger partial charge in [0.1, 0.15) is 10.7 Å². The average Bonchev–Trinajstić information content (AvgIpc) is 2.48. The number of carbonyl (C=O) groups is 1. The van der Waals surface area contributed by atoms with Gasteiger partial charge in [-0.1, -0.05) is 12.1 Å². The van der Waals surface area contributed by atoms with Crippen molar-refractivity contribution in [2.45, 2.75) is 4.90 Å². The van der Waals surface area contributed by atoms with Crippen LogP contribution in [0, 0.1) is 15.9 Å². The fourth-order valence-electron chi connectivity index (χ4n) is 1.87. The smallest absolute Gasteiger partial charge is 0.288 e. The largest absolute Gasteiger partial charge is 0.319 e. The van der Waals surface area contributed by atoms with Crippen LogP contribution >= 0.6 is 0 Å². The summed E-state index contributed by atoms with van der Waals surface area (Å²) in [7, 11) is -3.82. The molecule has 7 nitrogen and oxygen atoms in total. The predicted octanol–water partition coefficient (Wildman–Crippen LogP) is 2.39. The van der Waals surface area contributed by atoms with E-state index >= 15 is 0 Å². The summed E-state index contributed by atoms with van der Waals surface area (Å²) in [6, 6.07) is 8.36. The number of nitro groups is 1. The first-order chi connectivity index (χ1) is 10.7. The van der Waals surface area contributed by atoms with E-state index in [0.717, 1.165) is 30.5 Å². The van der Waals surface area contributed by atoms with Crippen molar-refractivity contribution in [1.29, 1.82) is 0 Å². The molecule has 0 saturated carbocycles. The van der Waals surface area contributed by atoms with Crippen molar-refractivity contribution in [3.8, 4) is 0 Å². The van der Waals surface area contributed by atoms with E-state index in [4.69, 9.17) is 0 Å². The number of benzene rings is 2. The molecule has 0 aliphatic rings. The van der Waals surface area contributed by atoms with Crippen LogP contribution in [0.1, 0.15) is 10.4 Å². The van der Waals surface area contributed by atoms with Crippen LogP contribution in [0.5, 0.6) is 0 Å². The molecule has 2 aromatic rings. The monoisotopic (exact) mass is 338 g/mol. The Morgan fingerprint density at radius 1 is 1.22 bits per heavy atom. The summed E-state index contributed by atoms with van der Waals surface area (Å²) in [5, 5.41) is 13.3. The van der Waals surface area contributed by atoms with Gasteiger partial charge in [0.25, 0.3) is 11.6 Å². The minimum absolute atomic E-state index is 0.0904. The van der Waals surface area contributed by atoms with Crippen molar-refractivity contribution >= 4 is 27.1 Å². The summed E-state index contributed by atoms with van der Waals surface area (Å²) in [4.78, 5) is 21.7. The zero-order valence-electron chi connectivity index (χ0n) is 11.8. The zero-order chi connectivity index (χ0) is 17.2. The van der Waals surface area contributed by atoms with Crippen LogP contribution < -0.4 is 5.32 Å². The fraction of sp³-hybridized carbons (Fsp3) is 0.0714. The Morgan fingerprint density at radius 3 is 2.43 bits per heavy atom. The number of carbonyl (C=O) groups excluding carboxylic acids is 1. The lowest BCUT2D eigenvalue weighted by Gasteiger charge is -2.07. The van der Waals surface area contributed by atoms with Crippen molar-refractivity contribution in [1.82, 2.24) is 0 Å². The molecule has 9 heteroatoms.